The maximum atomic E-state index is 5.94. The summed E-state index contributed by atoms with van der Waals surface area (Å²) in [7, 11) is 0. The van der Waals surface area contributed by atoms with Crippen molar-refractivity contribution in [2.45, 2.75) is 26.8 Å². The molecule has 1 heterocycles. The molecule has 0 aliphatic rings. The second kappa shape index (κ2) is 6.00. The number of hydrogen-bond donors (Lipinski definition) is 0. The van der Waals surface area contributed by atoms with Gasteiger partial charge in [0.2, 0.25) is 0 Å². The van der Waals surface area contributed by atoms with Gasteiger partial charge in [0.15, 0.2) is 0 Å². The lowest BCUT2D eigenvalue weighted by atomic mass is 10.1. The van der Waals surface area contributed by atoms with Crippen molar-refractivity contribution in [3.63, 3.8) is 0 Å². The van der Waals surface area contributed by atoms with Crippen molar-refractivity contribution in [1.29, 1.82) is 0 Å². The Labute approximate surface area is 125 Å². The molecule has 3 nitrogen and oxygen atoms in total. The number of para-hydroxylation sites is 3. The van der Waals surface area contributed by atoms with Crippen LogP contribution in [0.15, 0.2) is 48.8 Å². The molecule has 0 radical (unpaired) electrons. The summed E-state index contributed by atoms with van der Waals surface area (Å²) >= 11 is 0. The van der Waals surface area contributed by atoms with Gasteiger partial charge >= 0.3 is 0 Å². The van der Waals surface area contributed by atoms with E-state index in [1.165, 1.54) is 16.6 Å². The van der Waals surface area contributed by atoms with Crippen molar-refractivity contribution in [2.24, 2.45) is 0 Å². The molecule has 3 heteroatoms. The maximum absolute atomic E-state index is 5.94. The van der Waals surface area contributed by atoms with Crippen LogP contribution in [0.2, 0.25) is 0 Å². The Hall–Kier alpha value is -2.29. The second-order valence-electron chi connectivity index (χ2n) is 5.35. The normalized spacial score (nSPS) is 11.0. The van der Waals surface area contributed by atoms with E-state index in [9.17, 15) is 0 Å². The van der Waals surface area contributed by atoms with Gasteiger partial charge in [-0.3, -0.25) is 0 Å². The van der Waals surface area contributed by atoms with E-state index in [2.05, 4.69) is 47.7 Å². The number of nitrogens with zero attached hydrogens (tertiary/aromatic N) is 2. The maximum Gasteiger partial charge on any atom is 0.125 e. The van der Waals surface area contributed by atoms with E-state index in [4.69, 9.17) is 4.74 Å². The Morgan fingerprint density at radius 2 is 1.76 bits per heavy atom. The molecule has 0 amide bonds. The minimum absolute atomic E-state index is 0.720. The third kappa shape index (κ3) is 2.92. The van der Waals surface area contributed by atoms with Gasteiger partial charge in [0.05, 0.1) is 24.0 Å². The van der Waals surface area contributed by atoms with Gasteiger partial charge in [0.1, 0.15) is 5.75 Å². The summed E-state index contributed by atoms with van der Waals surface area (Å²) in [5.41, 5.74) is 4.63. The van der Waals surface area contributed by atoms with Crippen LogP contribution < -0.4 is 4.74 Å². The van der Waals surface area contributed by atoms with Crippen LogP contribution >= 0.6 is 0 Å². The minimum Gasteiger partial charge on any atom is -0.493 e. The van der Waals surface area contributed by atoms with E-state index in [-0.39, 0.29) is 0 Å². The van der Waals surface area contributed by atoms with Crippen LogP contribution in [0, 0.1) is 13.8 Å². The van der Waals surface area contributed by atoms with Crippen LogP contribution in [0.4, 0.5) is 0 Å². The molecule has 0 bridgehead atoms. The standard InChI is InChI=1S/C18H20N2O/c1-14-7-5-8-15(2)18(14)21-12-6-11-20-13-19-16-9-3-4-10-17(16)20/h3-5,7-10,13H,6,11-12H2,1-2H3. The van der Waals surface area contributed by atoms with Gasteiger partial charge in [-0.2, -0.15) is 0 Å². The average Bonchev–Trinajstić information content (AvgIpc) is 2.89. The highest BCUT2D eigenvalue weighted by atomic mass is 16.5. The largest absolute Gasteiger partial charge is 0.493 e. The Bertz CT molecular complexity index is 726. The smallest absolute Gasteiger partial charge is 0.125 e. The first-order chi connectivity index (χ1) is 10.3. The van der Waals surface area contributed by atoms with Gasteiger partial charge in [-0.1, -0.05) is 30.3 Å². The zero-order chi connectivity index (χ0) is 14.7. The monoisotopic (exact) mass is 280 g/mol. The van der Waals surface area contributed by atoms with E-state index in [1.54, 1.807) is 0 Å². The van der Waals surface area contributed by atoms with Crippen molar-refractivity contribution in [1.82, 2.24) is 9.55 Å². The fourth-order valence-electron chi connectivity index (χ4n) is 2.62. The zero-order valence-corrected chi connectivity index (χ0v) is 12.5. The Kier molecular flexibility index (Phi) is 3.91. The van der Waals surface area contributed by atoms with Gasteiger partial charge in [0.25, 0.3) is 0 Å². The predicted octanol–water partition coefficient (Wildman–Crippen LogP) is 4.12. The van der Waals surface area contributed by atoms with E-state index < -0.39 is 0 Å². The van der Waals surface area contributed by atoms with Gasteiger partial charge in [-0.05, 0) is 43.5 Å². The molecule has 0 atom stereocenters. The lowest BCUT2D eigenvalue weighted by Crippen LogP contribution is -2.05. The Morgan fingerprint density at radius 1 is 1.00 bits per heavy atom. The van der Waals surface area contributed by atoms with Crippen molar-refractivity contribution in [2.75, 3.05) is 6.61 Å². The molecule has 0 spiro atoms. The van der Waals surface area contributed by atoms with Crippen LogP contribution in [0.3, 0.4) is 0 Å². The molecule has 1 aromatic heterocycles. The molecular weight excluding hydrogens is 260 g/mol. The number of rotatable bonds is 5. The van der Waals surface area contributed by atoms with Crippen molar-refractivity contribution < 1.29 is 4.74 Å². The van der Waals surface area contributed by atoms with Gasteiger partial charge in [-0.25, -0.2) is 4.98 Å². The zero-order valence-electron chi connectivity index (χ0n) is 12.5. The first-order valence-corrected chi connectivity index (χ1v) is 7.34. The molecule has 0 unspecified atom stereocenters. The second-order valence-corrected chi connectivity index (χ2v) is 5.35. The van der Waals surface area contributed by atoms with Crippen LogP contribution in [-0.4, -0.2) is 16.2 Å². The predicted molar refractivity (Wildman–Crippen MR) is 85.8 cm³/mol. The molecule has 0 aliphatic carbocycles. The molecule has 0 saturated heterocycles. The first-order valence-electron chi connectivity index (χ1n) is 7.34. The quantitative estimate of drug-likeness (QED) is 0.657. The lowest BCUT2D eigenvalue weighted by Gasteiger charge is -2.12. The van der Waals surface area contributed by atoms with E-state index in [0.29, 0.717) is 0 Å². The summed E-state index contributed by atoms with van der Waals surface area (Å²) in [5.74, 6) is 1.02. The average molecular weight is 280 g/mol. The fraction of sp³-hybridized carbons (Fsp3) is 0.278. The number of aryl methyl sites for hydroxylation is 3. The number of fused-ring (bicyclic) bond motifs is 1. The number of benzene rings is 2. The number of aromatic nitrogens is 2. The van der Waals surface area contributed by atoms with Gasteiger partial charge in [-0.15, -0.1) is 0 Å². The molecule has 0 aliphatic heterocycles. The highest BCUT2D eigenvalue weighted by Gasteiger charge is 2.04. The van der Waals surface area contributed by atoms with E-state index >= 15 is 0 Å². The topological polar surface area (TPSA) is 27.1 Å². The van der Waals surface area contributed by atoms with Crippen molar-refractivity contribution >= 4 is 11.0 Å². The minimum atomic E-state index is 0.720. The molecule has 0 saturated carbocycles. The number of imidazole rings is 1. The fourth-order valence-corrected chi connectivity index (χ4v) is 2.62. The van der Waals surface area contributed by atoms with Crippen LogP contribution in [0.25, 0.3) is 11.0 Å². The van der Waals surface area contributed by atoms with Gasteiger partial charge in [0, 0.05) is 6.54 Å². The molecular formula is C18H20N2O. The van der Waals surface area contributed by atoms with Crippen molar-refractivity contribution in [3.8, 4) is 5.75 Å². The number of ether oxygens (including phenoxy) is 1. The highest BCUT2D eigenvalue weighted by Crippen LogP contribution is 2.22. The summed E-state index contributed by atoms with van der Waals surface area (Å²) in [5, 5.41) is 0. The van der Waals surface area contributed by atoms with Crippen LogP contribution in [0.5, 0.6) is 5.75 Å². The third-order valence-electron chi connectivity index (χ3n) is 3.73. The lowest BCUT2D eigenvalue weighted by molar-refractivity contribution is 0.299. The molecule has 0 fully saturated rings. The Morgan fingerprint density at radius 3 is 2.57 bits per heavy atom. The van der Waals surface area contributed by atoms with Crippen LogP contribution in [0.1, 0.15) is 17.5 Å². The summed E-state index contributed by atoms with van der Waals surface area (Å²) in [6.07, 6.45) is 2.87. The summed E-state index contributed by atoms with van der Waals surface area (Å²) in [6.45, 7) is 5.82. The van der Waals surface area contributed by atoms with Crippen LogP contribution in [-0.2, 0) is 6.54 Å². The third-order valence-corrected chi connectivity index (χ3v) is 3.73. The molecule has 2 aromatic carbocycles. The van der Waals surface area contributed by atoms with Gasteiger partial charge < -0.3 is 9.30 Å². The first kappa shape index (κ1) is 13.7. The van der Waals surface area contributed by atoms with E-state index in [1.807, 2.05) is 24.5 Å². The van der Waals surface area contributed by atoms with E-state index in [0.717, 1.165) is 30.8 Å². The molecule has 3 rings (SSSR count). The number of hydrogen-bond acceptors (Lipinski definition) is 2. The highest BCUT2D eigenvalue weighted by molar-refractivity contribution is 5.74. The SMILES string of the molecule is Cc1cccc(C)c1OCCCn1cnc2ccccc21. The molecule has 0 N–H and O–H groups in total. The summed E-state index contributed by atoms with van der Waals surface area (Å²) in [4.78, 5) is 4.41. The molecule has 21 heavy (non-hydrogen) atoms. The molecule has 108 valence electrons. The molecule has 3 aromatic rings. The van der Waals surface area contributed by atoms with Crippen molar-refractivity contribution in [3.05, 3.63) is 59.9 Å². The summed E-state index contributed by atoms with van der Waals surface area (Å²) in [6, 6.07) is 14.5. The summed E-state index contributed by atoms with van der Waals surface area (Å²) < 4.78 is 8.13. The Balaban J connectivity index is 1.59.